The Kier molecular flexibility index (Phi) is 4.22. The van der Waals surface area contributed by atoms with E-state index >= 15 is 0 Å². The first kappa shape index (κ1) is 17.1. The van der Waals surface area contributed by atoms with Gasteiger partial charge in [0.15, 0.2) is 10.1 Å². The van der Waals surface area contributed by atoms with Gasteiger partial charge in [-0.15, -0.1) is 34.0 Å². The van der Waals surface area contributed by atoms with E-state index in [2.05, 4.69) is 35.2 Å². The number of aryl methyl sites for hydroxylation is 3. The van der Waals surface area contributed by atoms with Gasteiger partial charge in [-0.2, -0.15) is 0 Å². The molecule has 26 heavy (non-hydrogen) atoms. The van der Waals surface area contributed by atoms with Gasteiger partial charge in [-0.25, -0.2) is 9.97 Å². The highest BCUT2D eigenvalue weighted by molar-refractivity contribution is 7.17. The predicted molar refractivity (Wildman–Crippen MR) is 107 cm³/mol. The minimum absolute atomic E-state index is 0.000363. The zero-order valence-electron chi connectivity index (χ0n) is 14.2. The fraction of sp³-hybridized carbons (Fsp3) is 0.176. The largest absolute Gasteiger partial charge is 0.298 e. The minimum atomic E-state index is -0.500. The summed E-state index contributed by atoms with van der Waals surface area (Å²) in [5.74, 6) is -0.500. The zero-order chi connectivity index (χ0) is 18.4. The van der Waals surface area contributed by atoms with Crippen LogP contribution in [0.1, 0.15) is 25.0 Å². The summed E-state index contributed by atoms with van der Waals surface area (Å²) in [7, 11) is 0. The second kappa shape index (κ2) is 6.42. The van der Waals surface area contributed by atoms with Crippen LogP contribution >= 0.6 is 34.0 Å². The Morgan fingerprint density at radius 3 is 2.73 bits per heavy atom. The third-order valence-corrected chi connectivity index (χ3v) is 6.44. The molecular weight excluding hydrogens is 388 g/mol. The molecule has 1 amide bonds. The van der Waals surface area contributed by atoms with Crippen LogP contribution in [0, 0.1) is 20.8 Å². The lowest BCUT2D eigenvalue weighted by molar-refractivity contribution is 0.102. The van der Waals surface area contributed by atoms with Crippen LogP contribution in [0.3, 0.4) is 0 Å². The molecule has 9 heteroatoms. The van der Waals surface area contributed by atoms with Gasteiger partial charge in [-0.1, -0.05) is 0 Å². The molecule has 0 aliphatic rings. The van der Waals surface area contributed by atoms with Gasteiger partial charge in [0.05, 0.1) is 5.69 Å². The maximum absolute atomic E-state index is 12.5. The van der Waals surface area contributed by atoms with Crippen molar-refractivity contribution in [2.24, 2.45) is 0 Å². The number of rotatable bonds is 3. The van der Waals surface area contributed by atoms with Crippen LogP contribution in [0.15, 0.2) is 28.6 Å². The van der Waals surface area contributed by atoms with E-state index in [-0.39, 0.29) is 11.1 Å². The van der Waals surface area contributed by atoms with E-state index in [4.69, 9.17) is 0 Å². The summed E-state index contributed by atoms with van der Waals surface area (Å²) in [5.41, 5.74) is 1.52. The molecule has 0 aliphatic carbocycles. The predicted octanol–water partition coefficient (Wildman–Crippen LogP) is 4.12. The van der Waals surface area contributed by atoms with E-state index in [1.807, 2.05) is 12.3 Å². The Morgan fingerprint density at radius 2 is 2.00 bits per heavy atom. The number of nitrogens with one attached hydrogen (secondary N) is 1. The SMILES string of the molecule is Cc1cc(-c2csc(NC(=O)c3cnc4sc(C)cn4c3=O)n2)c(C)s1. The lowest BCUT2D eigenvalue weighted by atomic mass is 10.2. The van der Waals surface area contributed by atoms with Crippen LogP contribution in [0.5, 0.6) is 0 Å². The Morgan fingerprint density at radius 1 is 1.19 bits per heavy atom. The number of amides is 1. The molecule has 0 bridgehead atoms. The van der Waals surface area contributed by atoms with Gasteiger partial charge in [0.25, 0.3) is 11.5 Å². The van der Waals surface area contributed by atoms with Crippen LogP contribution in [0.25, 0.3) is 16.2 Å². The summed E-state index contributed by atoms with van der Waals surface area (Å²) < 4.78 is 1.40. The van der Waals surface area contributed by atoms with E-state index in [0.717, 1.165) is 16.1 Å². The summed E-state index contributed by atoms with van der Waals surface area (Å²) in [5, 5.41) is 5.07. The Balaban J connectivity index is 1.62. The van der Waals surface area contributed by atoms with Crippen molar-refractivity contribution in [1.82, 2.24) is 14.4 Å². The van der Waals surface area contributed by atoms with E-state index in [1.165, 1.54) is 43.0 Å². The molecule has 0 aliphatic heterocycles. The van der Waals surface area contributed by atoms with Gasteiger partial charge in [0.1, 0.15) is 5.56 Å². The molecule has 0 aromatic carbocycles. The molecule has 0 fully saturated rings. The second-order valence-corrected chi connectivity index (χ2v) is 9.32. The van der Waals surface area contributed by atoms with Crippen LogP contribution in [0.4, 0.5) is 5.13 Å². The van der Waals surface area contributed by atoms with Crippen LogP contribution in [0.2, 0.25) is 0 Å². The summed E-state index contributed by atoms with van der Waals surface area (Å²) in [6, 6.07) is 2.09. The zero-order valence-corrected chi connectivity index (χ0v) is 16.6. The first-order valence-electron chi connectivity index (χ1n) is 7.74. The van der Waals surface area contributed by atoms with Crippen molar-refractivity contribution in [2.75, 3.05) is 5.32 Å². The number of carbonyl (C=O) groups excluding carboxylic acids is 1. The van der Waals surface area contributed by atoms with Crippen LogP contribution in [-0.4, -0.2) is 20.3 Å². The van der Waals surface area contributed by atoms with E-state index < -0.39 is 5.91 Å². The number of carbonyl (C=O) groups is 1. The highest BCUT2D eigenvalue weighted by Gasteiger charge is 2.17. The summed E-state index contributed by atoms with van der Waals surface area (Å²) in [6.07, 6.45) is 3.01. The van der Waals surface area contributed by atoms with Gasteiger partial charge in [-0.3, -0.25) is 19.3 Å². The quantitative estimate of drug-likeness (QED) is 0.559. The van der Waals surface area contributed by atoms with Crippen molar-refractivity contribution in [3.05, 3.63) is 54.4 Å². The Labute approximate surface area is 160 Å². The molecular formula is C17H14N4O2S3. The number of thiazole rings is 2. The lowest BCUT2D eigenvalue weighted by Crippen LogP contribution is -2.25. The van der Waals surface area contributed by atoms with Gasteiger partial charge >= 0.3 is 0 Å². The normalized spacial score (nSPS) is 11.2. The average Bonchev–Trinajstić information content (AvgIpc) is 3.26. The minimum Gasteiger partial charge on any atom is -0.298 e. The first-order valence-corrected chi connectivity index (χ1v) is 10.3. The number of hydrogen-bond donors (Lipinski definition) is 1. The summed E-state index contributed by atoms with van der Waals surface area (Å²) in [6.45, 7) is 6.00. The fourth-order valence-corrected chi connectivity index (χ4v) is 5.08. The lowest BCUT2D eigenvalue weighted by Gasteiger charge is -2.01. The molecule has 0 saturated heterocycles. The van der Waals surface area contributed by atoms with Crippen LogP contribution < -0.4 is 10.9 Å². The van der Waals surface area contributed by atoms with Crippen molar-refractivity contribution >= 4 is 50.0 Å². The molecule has 132 valence electrons. The first-order chi connectivity index (χ1) is 12.4. The maximum Gasteiger partial charge on any atom is 0.271 e. The van der Waals surface area contributed by atoms with Gasteiger partial charge in [0.2, 0.25) is 0 Å². The van der Waals surface area contributed by atoms with Gasteiger partial charge < -0.3 is 0 Å². The third kappa shape index (κ3) is 2.98. The molecule has 0 spiro atoms. The highest BCUT2D eigenvalue weighted by atomic mass is 32.1. The number of thiophene rings is 1. The molecule has 4 rings (SSSR count). The standard InChI is InChI=1S/C17H14N4O2S3/c1-8-4-11(10(3)25-8)13-7-24-16(19-13)20-14(22)12-5-18-17-21(15(12)23)6-9(2)26-17/h4-7H,1-3H3,(H,19,20,22). The molecule has 0 atom stereocenters. The summed E-state index contributed by atoms with van der Waals surface area (Å²) in [4.78, 5) is 37.6. The Bertz CT molecular complexity index is 1200. The molecule has 1 N–H and O–H groups in total. The number of nitrogens with zero attached hydrogens (tertiary/aromatic N) is 3. The average molecular weight is 403 g/mol. The van der Waals surface area contributed by atoms with Crippen molar-refractivity contribution in [3.8, 4) is 11.3 Å². The highest BCUT2D eigenvalue weighted by Crippen LogP contribution is 2.32. The molecule has 4 aromatic rings. The number of aromatic nitrogens is 3. The van der Waals surface area contributed by atoms with Crippen LogP contribution in [-0.2, 0) is 0 Å². The number of hydrogen-bond acceptors (Lipinski definition) is 7. The van der Waals surface area contributed by atoms with Crippen molar-refractivity contribution < 1.29 is 4.79 Å². The van der Waals surface area contributed by atoms with E-state index in [1.54, 1.807) is 17.5 Å². The van der Waals surface area contributed by atoms with E-state index in [9.17, 15) is 9.59 Å². The van der Waals surface area contributed by atoms with E-state index in [0.29, 0.717) is 10.1 Å². The molecule has 6 nitrogen and oxygen atoms in total. The number of anilines is 1. The fourth-order valence-electron chi connectivity index (χ4n) is 2.66. The van der Waals surface area contributed by atoms with Gasteiger partial charge in [-0.05, 0) is 26.8 Å². The number of fused-ring (bicyclic) bond motifs is 1. The van der Waals surface area contributed by atoms with Gasteiger partial charge in [0, 0.05) is 38.0 Å². The topological polar surface area (TPSA) is 76.4 Å². The molecule has 0 saturated carbocycles. The van der Waals surface area contributed by atoms with Crippen molar-refractivity contribution in [1.29, 1.82) is 0 Å². The Hall–Kier alpha value is -2.36. The second-order valence-electron chi connectivity index (χ2n) is 5.79. The third-order valence-electron chi connectivity index (χ3n) is 3.81. The van der Waals surface area contributed by atoms with Crippen molar-refractivity contribution in [3.63, 3.8) is 0 Å². The molecule has 0 radical (unpaired) electrons. The monoisotopic (exact) mass is 402 g/mol. The maximum atomic E-state index is 12.5. The molecule has 4 aromatic heterocycles. The van der Waals surface area contributed by atoms with Crippen molar-refractivity contribution in [2.45, 2.75) is 20.8 Å². The smallest absolute Gasteiger partial charge is 0.271 e. The molecule has 4 heterocycles. The summed E-state index contributed by atoms with van der Waals surface area (Å²) >= 11 is 4.45. The molecule has 0 unspecified atom stereocenters.